The number of aliphatic hydroxyl groups excluding tert-OH is 1. The largest absolute Gasteiger partial charge is 0.396 e. The van der Waals surface area contributed by atoms with Gasteiger partial charge in [-0.15, -0.1) is 0 Å². The summed E-state index contributed by atoms with van der Waals surface area (Å²) in [5.41, 5.74) is 0. The van der Waals surface area contributed by atoms with E-state index in [0.29, 0.717) is 12.5 Å². The van der Waals surface area contributed by atoms with Gasteiger partial charge in [0.1, 0.15) is 0 Å². The number of aliphatic hydroxyl groups is 1. The second kappa shape index (κ2) is 7.20. The van der Waals surface area contributed by atoms with Gasteiger partial charge in [-0.2, -0.15) is 0 Å². The van der Waals surface area contributed by atoms with Crippen LogP contribution in [0.2, 0.25) is 0 Å². The van der Waals surface area contributed by atoms with E-state index in [2.05, 4.69) is 23.8 Å². The molecule has 0 aromatic rings. The minimum Gasteiger partial charge on any atom is -0.396 e. The van der Waals surface area contributed by atoms with E-state index >= 15 is 0 Å². The second-order valence-corrected chi connectivity index (χ2v) is 4.77. The monoisotopic (exact) mass is 214 g/mol. The van der Waals surface area contributed by atoms with Crippen molar-refractivity contribution in [1.29, 1.82) is 0 Å². The van der Waals surface area contributed by atoms with Crippen molar-refractivity contribution in [2.75, 3.05) is 46.4 Å². The van der Waals surface area contributed by atoms with Crippen LogP contribution >= 0.6 is 0 Å². The van der Waals surface area contributed by atoms with Crippen molar-refractivity contribution in [1.82, 2.24) is 9.80 Å². The van der Waals surface area contributed by atoms with Crippen molar-refractivity contribution in [2.24, 2.45) is 5.92 Å². The van der Waals surface area contributed by atoms with E-state index in [9.17, 15) is 5.11 Å². The molecule has 90 valence electrons. The molecule has 1 heterocycles. The lowest BCUT2D eigenvalue weighted by Crippen LogP contribution is -2.45. The van der Waals surface area contributed by atoms with Gasteiger partial charge in [0.25, 0.3) is 0 Å². The first kappa shape index (κ1) is 12.9. The first-order valence-corrected chi connectivity index (χ1v) is 6.28. The molecule has 1 fully saturated rings. The van der Waals surface area contributed by atoms with Crippen molar-refractivity contribution >= 4 is 0 Å². The van der Waals surface area contributed by atoms with Gasteiger partial charge < -0.3 is 14.9 Å². The minimum atomic E-state index is 0.363. The molecule has 0 radical (unpaired) electrons. The fourth-order valence-corrected chi connectivity index (χ4v) is 2.17. The predicted molar refractivity (Wildman–Crippen MR) is 64.0 cm³/mol. The van der Waals surface area contributed by atoms with Crippen LogP contribution in [0.4, 0.5) is 0 Å². The van der Waals surface area contributed by atoms with Gasteiger partial charge in [-0.05, 0) is 32.4 Å². The third-order valence-electron chi connectivity index (χ3n) is 3.40. The summed E-state index contributed by atoms with van der Waals surface area (Å²) in [6, 6.07) is 0. The Labute approximate surface area is 94.1 Å². The molecule has 0 spiro atoms. The molecule has 0 bridgehead atoms. The molecule has 1 rings (SSSR count). The molecular formula is C12H26N2O. The standard InChI is InChI=1S/C12H26N2O/c1-3-4-12(11-15)5-6-14-9-7-13(2)8-10-14/h12,15H,3-11H2,1-2H3/t12-/m1/s1. The van der Waals surface area contributed by atoms with Crippen LogP contribution in [0, 0.1) is 5.92 Å². The van der Waals surface area contributed by atoms with E-state index in [0.717, 1.165) is 6.42 Å². The van der Waals surface area contributed by atoms with Crippen molar-refractivity contribution < 1.29 is 5.11 Å². The summed E-state index contributed by atoms with van der Waals surface area (Å²) in [5.74, 6) is 0.523. The van der Waals surface area contributed by atoms with Gasteiger partial charge in [-0.25, -0.2) is 0 Å². The van der Waals surface area contributed by atoms with Crippen LogP contribution in [0.3, 0.4) is 0 Å². The van der Waals surface area contributed by atoms with Crippen LogP contribution in [-0.4, -0.2) is 61.3 Å². The minimum absolute atomic E-state index is 0.363. The van der Waals surface area contributed by atoms with Crippen LogP contribution in [0.25, 0.3) is 0 Å². The summed E-state index contributed by atoms with van der Waals surface area (Å²) < 4.78 is 0. The smallest absolute Gasteiger partial charge is 0.0459 e. The quantitative estimate of drug-likeness (QED) is 0.715. The predicted octanol–water partition coefficient (Wildman–Crippen LogP) is 1.03. The van der Waals surface area contributed by atoms with Crippen LogP contribution < -0.4 is 0 Å². The van der Waals surface area contributed by atoms with Gasteiger partial charge in [0.15, 0.2) is 0 Å². The Hall–Kier alpha value is -0.120. The summed E-state index contributed by atoms with van der Waals surface area (Å²) in [4.78, 5) is 4.91. The maximum absolute atomic E-state index is 9.20. The molecule has 0 amide bonds. The molecule has 3 heteroatoms. The lowest BCUT2D eigenvalue weighted by molar-refractivity contribution is 0.133. The molecule has 0 saturated carbocycles. The number of rotatable bonds is 6. The molecule has 0 aromatic heterocycles. The van der Waals surface area contributed by atoms with E-state index in [-0.39, 0.29) is 0 Å². The summed E-state index contributed by atoms with van der Waals surface area (Å²) in [7, 11) is 2.19. The third kappa shape index (κ3) is 4.96. The average molecular weight is 214 g/mol. The fraction of sp³-hybridized carbons (Fsp3) is 1.00. The van der Waals surface area contributed by atoms with Crippen molar-refractivity contribution in [3.63, 3.8) is 0 Å². The van der Waals surface area contributed by atoms with E-state index in [1.54, 1.807) is 0 Å². The number of hydrogen-bond acceptors (Lipinski definition) is 3. The molecule has 1 N–H and O–H groups in total. The van der Waals surface area contributed by atoms with E-state index in [4.69, 9.17) is 0 Å². The zero-order valence-electron chi connectivity index (χ0n) is 10.3. The van der Waals surface area contributed by atoms with Crippen LogP contribution in [0.1, 0.15) is 26.2 Å². The first-order valence-electron chi connectivity index (χ1n) is 6.28. The van der Waals surface area contributed by atoms with Crippen molar-refractivity contribution in [2.45, 2.75) is 26.2 Å². The molecule has 0 aliphatic carbocycles. The zero-order valence-corrected chi connectivity index (χ0v) is 10.3. The van der Waals surface area contributed by atoms with Crippen LogP contribution in [0.5, 0.6) is 0 Å². The highest BCUT2D eigenvalue weighted by molar-refractivity contribution is 4.70. The van der Waals surface area contributed by atoms with Gasteiger partial charge in [-0.1, -0.05) is 13.3 Å². The highest BCUT2D eigenvalue weighted by atomic mass is 16.3. The average Bonchev–Trinajstić information content (AvgIpc) is 2.26. The molecule has 0 unspecified atom stereocenters. The van der Waals surface area contributed by atoms with Gasteiger partial charge in [0.2, 0.25) is 0 Å². The Morgan fingerprint density at radius 3 is 2.33 bits per heavy atom. The normalized spacial score (nSPS) is 21.8. The second-order valence-electron chi connectivity index (χ2n) is 4.77. The summed E-state index contributed by atoms with van der Waals surface area (Å²) in [6.45, 7) is 8.50. The number of nitrogens with zero attached hydrogens (tertiary/aromatic N) is 2. The van der Waals surface area contributed by atoms with Gasteiger partial charge in [0.05, 0.1) is 0 Å². The Kier molecular flexibility index (Phi) is 6.22. The highest BCUT2D eigenvalue weighted by Gasteiger charge is 2.15. The van der Waals surface area contributed by atoms with Crippen LogP contribution in [-0.2, 0) is 0 Å². The maximum Gasteiger partial charge on any atom is 0.0459 e. The number of piperazine rings is 1. The topological polar surface area (TPSA) is 26.7 Å². The number of hydrogen-bond donors (Lipinski definition) is 1. The maximum atomic E-state index is 9.20. The molecule has 3 nitrogen and oxygen atoms in total. The SMILES string of the molecule is CCC[C@@H](CO)CCN1CCN(C)CC1. The first-order chi connectivity index (χ1) is 7.26. The third-order valence-corrected chi connectivity index (χ3v) is 3.40. The molecule has 1 aliphatic rings. The Morgan fingerprint density at radius 1 is 1.13 bits per heavy atom. The molecule has 1 saturated heterocycles. The van der Waals surface area contributed by atoms with Gasteiger partial charge >= 0.3 is 0 Å². The van der Waals surface area contributed by atoms with Crippen molar-refractivity contribution in [3.8, 4) is 0 Å². The van der Waals surface area contributed by atoms with E-state index < -0.39 is 0 Å². The van der Waals surface area contributed by atoms with Crippen LogP contribution in [0.15, 0.2) is 0 Å². The fourth-order valence-electron chi connectivity index (χ4n) is 2.17. The zero-order chi connectivity index (χ0) is 11.1. The van der Waals surface area contributed by atoms with Gasteiger partial charge in [-0.3, -0.25) is 0 Å². The van der Waals surface area contributed by atoms with Gasteiger partial charge in [0, 0.05) is 32.8 Å². The Balaban J connectivity index is 2.12. The molecule has 1 atom stereocenters. The van der Waals surface area contributed by atoms with E-state index in [1.165, 1.54) is 45.6 Å². The highest BCUT2D eigenvalue weighted by Crippen LogP contribution is 2.11. The molecular weight excluding hydrogens is 188 g/mol. The van der Waals surface area contributed by atoms with Crippen molar-refractivity contribution in [3.05, 3.63) is 0 Å². The molecule has 0 aromatic carbocycles. The Bertz CT molecular complexity index is 156. The number of likely N-dealkylation sites (N-methyl/N-ethyl adjacent to an activating group) is 1. The Morgan fingerprint density at radius 2 is 1.80 bits per heavy atom. The summed E-state index contributed by atoms with van der Waals surface area (Å²) >= 11 is 0. The lowest BCUT2D eigenvalue weighted by atomic mass is 10.0. The molecule has 15 heavy (non-hydrogen) atoms. The molecule has 1 aliphatic heterocycles. The summed E-state index contributed by atoms with van der Waals surface area (Å²) in [5, 5.41) is 9.20. The lowest BCUT2D eigenvalue weighted by Gasteiger charge is -2.33. The summed E-state index contributed by atoms with van der Waals surface area (Å²) in [6.07, 6.45) is 3.52. The van der Waals surface area contributed by atoms with E-state index in [1.807, 2.05) is 0 Å².